The predicted octanol–water partition coefficient (Wildman–Crippen LogP) is 4.26. The lowest BCUT2D eigenvalue weighted by Crippen LogP contribution is -2.30. The molecule has 0 unspecified atom stereocenters. The van der Waals surface area contributed by atoms with Crippen molar-refractivity contribution in [2.45, 2.75) is 43.2 Å². The molecule has 2 amide bonds. The predicted molar refractivity (Wildman–Crippen MR) is 126 cm³/mol. The highest BCUT2D eigenvalue weighted by Crippen LogP contribution is 2.37. The summed E-state index contributed by atoms with van der Waals surface area (Å²) < 4.78 is 84.9. The zero-order valence-corrected chi connectivity index (χ0v) is 20.8. The number of halogens is 5. The van der Waals surface area contributed by atoms with Crippen LogP contribution in [-0.2, 0) is 20.7 Å². The molecule has 37 heavy (non-hydrogen) atoms. The fourth-order valence-corrected chi connectivity index (χ4v) is 5.17. The van der Waals surface area contributed by atoms with Crippen molar-refractivity contribution in [2.75, 3.05) is 36.2 Å². The first-order valence-electron chi connectivity index (χ1n) is 11.1. The van der Waals surface area contributed by atoms with Gasteiger partial charge in [0.2, 0.25) is 5.92 Å². The van der Waals surface area contributed by atoms with Crippen LogP contribution in [0.25, 0.3) is 0 Å². The molecule has 1 aliphatic heterocycles. The molecule has 8 nitrogen and oxygen atoms in total. The minimum absolute atomic E-state index is 0.0287. The number of aliphatic hydroxyl groups excluding tert-OH is 1. The van der Waals surface area contributed by atoms with Crippen molar-refractivity contribution in [3.05, 3.63) is 47.2 Å². The van der Waals surface area contributed by atoms with Crippen LogP contribution in [-0.4, -0.2) is 58.0 Å². The Kier molecular flexibility index (Phi) is 8.22. The van der Waals surface area contributed by atoms with Crippen LogP contribution in [0, 0.1) is 6.92 Å². The number of alkyl halides is 5. The lowest BCUT2D eigenvalue weighted by Gasteiger charge is -2.26. The number of hydrogen-bond donors (Lipinski definition) is 2. The van der Waals surface area contributed by atoms with E-state index in [4.69, 9.17) is 5.11 Å². The number of anilines is 2. The number of aliphatic hydroxyl groups is 1. The van der Waals surface area contributed by atoms with E-state index in [1.807, 2.05) is 0 Å². The van der Waals surface area contributed by atoms with E-state index in [1.165, 1.54) is 29.2 Å². The van der Waals surface area contributed by atoms with Crippen LogP contribution < -0.4 is 10.2 Å². The molecule has 0 radical (unpaired) electrons. The van der Waals surface area contributed by atoms with Gasteiger partial charge in [0.15, 0.2) is 0 Å². The molecule has 0 saturated carbocycles. The molecule has 0 spiro atoms. The Hall–Kier alpha value is -3.13. The van der Waals surface area contributed by atoms with Gasteiger partial charge in [-0.2, -0.15) is 17.5 Å². The van der Waals surface area contributed by atoms with Crippen LogP contribution in [0.15, 0.2) is 39.7 Å². The Balaban J connectivity index is 2.04. The number of amides is 2. The second-order valence-corrected chi connectivity index (χ2v) is 10.9. The monoisotopic (exact) mass is 548 g/mol. The molecular formula is C23H25F5N4O4S. The topological polar surface area (TPSA) is 112 Å². The highest BCUT2D eigenvalue weighted by Gasteiger charge is 2.38. The van der Waals surface area contributed by atoms with Crippen LogP contribution in [0.4, 0.5) is 33.5 Å². The van der Waals surface area contributed by atoms with Crippen LogP contribution in [0.5, 0.6) is 0 Å². The third-order valence-electron chi connectivity index (χ3n) is 5.81. The van der Waals surface area contributed by atoms with Crippen molar-refractivity contribution in [3.63, 3.8) is 0 Å². The first-order chi connectivity index (χ1) is 17.1. The van der Waals surface area contributed by atoms with E-state index in [-0.39, 0.29) is 35.9 Å². The van der Waals surface area contributed by atoms with Gasteiger partial charge in [0.1, 0.15) is 12.4 Å². The second-order valence-electron chi connectivity index (χ2n) is 8.62. The standard InChI is InChI=1S/C23H25F5N4O4S/c1-14-17(23(26,27)28)12-29-20(32-9-4-7-22(24,25)8-10-32)19(14)21(35)30-15-5-3-6-16(11-15)37(2,36)31-18(34)13-33/h3,5-6,11-12,33H,4,7-10,13H2,1-2H3,(H,30,35)/t37-/m1/s1. The van der Waals surface area contributed by atoms with Gasteiger partial charge in [0.25, 0.3) is 11.8 Å². The highest BCUT2D eigenvalue weighted by molar-refractivity contribution is 7.93. The number of nitrogens with zero attached hydrogens (tertiary/aromatic N) is 3. The van der Waals surface area contributed by atoms with Crippen molar-refractivity contribution in [3.8, 4) is 0 Å². The summed E-state index contributed by atoms with van der Waals surface area (Å²) in [6.45, 7) is 0.0125. The van der Waals surface area contributed by atoms with E-state index >= 15 is 0 Å². The van der Waals surface area contributed by atoms with Crippen molar-refractivity contribution in [1.29, 1.82) is 0 Å². The summed E-state index contributed by atoms with van der Waals surface area (Å²) in [5.41, 5.74) is -1.96. The zero-order chi connectivity index (χ0) is 27.6. The minimum Gasteiger partial charge on any atom is -0.386 e. The molecule has 2 N–H and O–H groups in total. The highest BCUT2D eigenvalue weighted by atomic mass is 32.2. The molecule has 0 bridgehead atoms. The third-order valence-corrected chi connectivity index (χ3v) is 7.49. The molecule has 14 heteroatoms. The molecule has 0 aliphatic carbocycles. The van der Waals surface area contributed by atoms with E-state index in [9.17, 15) is 35.8 Å². The average Bonchev–Trinajstić information content (AvgIpc) is 2.98. The largest absolute Gasteiger partial charge is 0.418 e. The maximum Gasteiger partial charge on any atom is 0.418 e. The van der Waals surface area contributed by atoms with Gasteiger partial charge in [-0.15, -0.1) is 0 Å². The molecule has 2 aromatic rings. The fourth-order valence-electron chi connectivity index (χ4n) is 3.94. The Morgan fingerprint density at radius 2 is 1.95 bits per heavy atom. The number of nitrogens with one attached hydrogen (secondary N) is 1. The molecule has 1 atom stereocenters. The zero-order valence-electron chi connectivity index (χ0n) is 19.9. The molecule has 3 rings (SSSR count). The van der Waals surface area contributed by atoms with Gasteiger partial charge in [-0.1, -0.05) is 6.07 Å². The summed E-state index contributed by atoms with van der Waals surface area (Å²) in [7, 11) is -3.30. The maximum atomic E-state index is 13.9. The first kappa shape index (κ1) is 28.4. The van der Waals surface area contributed by atoms with Gasteiger partial charge in [-0.05, 0) is 37.1 Å². The molecule has 1 aromatic carbocycles. The summed E-state index contributed by atoms with van der Waals surface area (Å²) in [4.78, 5) is 30.0. The second kappa shape index (κ2) is 10.7. The number of carbonyl (C=O) groups is 2. The average molecular weight is 549 g/mol. The van der Waals surface area contributed by atoms with Gasteiger partial charge in [0, 0.05) is 49.0 Å². The van der Waals surface area contributed by atoms with Gasteiger partial charge in [-0.25, -0.2) is 18.0 Å². The van der Waals surface area contributed by atoms with Gasteiger partial charge in [0.05, 0.1) is 20.9 Å². The molecular weight excluding hydrogens is 523 g/mol. The molecule has 1 fully saturated rings. The number of pyridine rings is 1. The van der Waals surface area contributed by atoms with Crippen molar-refractivity contribution >= 4 is 33.0 Å². The Morgan fingerprint density at radius 3 is 2.59 bits per heavy atom. The maximum absolute atomic E-state index is 13.9. The van der Waals surface area contributed by atoms with Crippen LogP contribution in [0.1, 0.15) is 40.7 Å². The van der Waals surface area contributed by atoms with Crippen LogP contribution >= 0.6 is 0 Å². The Labute approximate surface area is 210 Å². The lowest BCUT2D eigenvalue weighted by atomic mass is 10.0. The minimum atomic E-state index is -4.81. The van der Waals surface area contributed by atoms with E-state index in [1.54, 1.807) is 0 Å². The molecule has 202 valence electrons. The SMILES string of the molecule is Cc1c(C(F)(F)F)cnc(N2CCCC(F)(F)CC2)c1C(=O)Nc1cccc([S@@](C)(=O)=NC(=O)CO)c1. The molecule has 2 heterocycles. The number of hydrogen-bond acceptors (Lipinski definition) is 6. The number of aromatic nitrogens is 1. The van der Waals surface area contributed by atoms with Crippen LogP contribution in [0.3, 0.4) is 0 Å². The summed E-state index contributed by atoms with van der Waals surface area (Å²) in [6, 6.07) is 5.37. The van der Waals surface area contributed by atoms with E-state index in [0.717, 1.165) is 13.2 Å². The number of rotatable bonds is 5. The van der Waals surface area contributed by atoms with E-state index in [0.29, 0.717) is 6.20 Å². The summed E-state index contributed by atoms with van der Waals surface area (Å²) in [5, 5.41) is 11.3. The fraction of sp³-hybridized carbons (Fsp3) is 0.435. The van der Waals surface area contributed by atoms with Crippen molar-refractivity contribution < 1.29 is 40.9 Å². The summed E-state index contributed by atoms with van der Waals surface area (Å²) >= 11 is 0. The Bertz CT molecular complexity index is 1320. The van der Waals surface area contributed by atoms with E-state index in [2.05, 4.69) is 14.7 Å². The van der Waals surface area contributed by atoms with Crippen molar-refractivity contribution in [2.24, 2.45) is 4.36 Å². The Morgan fingerprint density at radius 1 is 1.24 bits per heavy atom. The molecule has 1 aromatic heterocycles. The quantitative estimate of drug-likeness (QED) is 0.540. The van der Waals surface area contributed by atoms with Gasteiger partial charge in [-0.3, -0.25) is 9.59 Å². The normalized spacial score (nSPS) is 17.5. The molecule has 1 aliphatic rings. The lowest BCUT2D eigenvalue weighted by molar-refractivity contribution is -0.138. The van der Waals surface area contributed by atoms with Gasteiger partial charge < -0.3 is 15.3 Å². The first-order valence-corrected chi connectivity index (χ1v) is 13.0. The molecule has 1 saturated heterocycles. The number of carbonyl (C=O) groups excluding carboxylic acids is 2. The summed E-state index contributed by atoms with van der Waals surface area (Å²) in [5.74, 6) is -5.08. The van der Waals surface area contributed by atoms with E-state index < -0.39 is 69.8 Å². The van der Waals surface area contributed by atoms with Crippen LogP contribution in [0.2, 0.25) is 0 Å². The number of benzene rings is 1. The summed E-state index contributed by atoms with van der Waals surface area (Å²) in [6.07, 6.45) is -3.97. The van der Waals surface area contributed by atoms with Gasteiger partial charge >= 0.3 is 6.18 Å². The smallest absolute Gasteiger partial charge is 0.386 e. The van der Waals surface area contributed by atoms with Crippen molar-refractivity contribution in [1.82, 2.24) is 4.98 Å². The third kappa shape index (κ3) is 6.80.